The van der Waals surface area contributed by atoms with E-state index in [0.717, 1.165) is 24.7 Å². The Kier molecular flexibility index (Phi) is 5.39. The molecule has 1 aromatic heterocycles. The van der Waals surface area contributed by atoms with Crippen molar-refractivity contribution in [2.24, 2.45) is 5.73 Å². The molecule has 1 fully saturated rings. The summed E-state index contributed by atoms with van der Waals surface area (Å²) in [5, 5.41) is 3.37. The van der Waals surface area contributed by atoms with Crippen LogP contribution in [0.4, 0.5) is 11.6 Å². The van der Waals surface area contributed by atoms with Gasteiger partial charge in [-0.25, -0.2) is 9.97 Å². The van der Waals surface area contributed by atoms with Gasteiger partial charge in [-0.05, 0) is 19.3 Å². The monoisotopic (exact) mass is 263 g/mol. The lowest BCUT2D eigenvalue weighted by Crippen LogP contribution is -2.35. The van der Waals surface area contributed by atoms with Gasteiger partial charge in [0.05, 0.1) is 0 Å². The topological polar surface area (TPSA) is 67.1 Å². The molecule has 0 radical (unpaired) electrons. The summed E-state index contributed by atoms with van der Waals surface area (Å²) in [4.78, 5) is 11.0. The molecule has 1 atom stereocenters. The van der Waals surface area contributed by atoms with Gasteiger partial charge < -0.3 is 16.0 Å². The SMILES string of the molecule is CCCCCNc1cc(N2CCCC2CN)ncn1. The summed E-state index contributed by atoms with van der Waals surface area (Å²) >= 11 is 0. The van der Waals surface area contributed by atoms with Crippen LogP contribution in [0.15, 0.2) is 12.4 Å². The second kappa shape index (κ2) is 7.28. The zero-order valence-corrected chi connectivity index (χ0v) is 11.8. The van der Waals surface area contributed by atoms with Gasteiger partial charge in [-0.15, -0.1) is 0 Å². The molecule has 0 amide bonds. The maximum atomic E-state index is 5.81. The van der Waals surface area contributed by atoms with E-state index in [1.165, 1.54) is 32.1 Å². The van der Waals surface area contributed by atoms with Crippen LogP contribution in [0, 0.1) is 0 Å². The average Bonchev–Trinajstić information content (AvgIpc) is 2.92. The molecular formula is C14H25N5. The molecule has 0 spiro atoms. The van der Waals surface area contributed by atoms with E-state index in [1.807, 2.05) is 6.07 Å². The van der Waals surface area contributed by atoms with Gasteiger partial charge in [-0.1, -0.05) is 19.8 Å². The van der Waals surface area contributed by atoms with E-state index in [-0.39, 0.29) is 0 Å². The van der Waals surface area contributed by atoms with E-state index >= 15 is 0 Å². The molecule has 3 N–H and O–H groups in total. The van der Waals surface area contributed by atoms with Crippen molar-refractivity contribution in [1.29, 1.82) is 0 Å². The first-order valence-electron chi connectivity index (χ1n) is 7.37. The minimum Gasteiger partial charge on any atom is -0.370 e. The molecule has 1 aliphatic rings. The summed E-state index contributed by atoms with van der Waals surface area (Å²) in [5.74, 6) is 1.92. The fourth-order valence-corrected chi connectivity index (χ4v) is 2.57. The van der Waals surface area contributed by atoms with Crippen molar-refractivity contribution in [1.82, 2.24) is 9.97 Å². The van der Waals surface area contributed by atoms with E-state index in [9.17, 15) is 0 Å². The minimum absolute atomic E-state index is 0.433. The predicted molar refractivity (Wildman–Crippen MR) is 79.5 cm³/mol. The van der Waals surface area contributed by atoms with Crippen LogP contribution in [0.5, 0.6) is 0 Å². The third-order valence-electron chi connectivity index (χ3n) is 3.68. The Morgan fingerprint density at radius 2 is 2.32 bits per heavy atom. The standard InChI is InChI=1S/C14H25N5/c1-2-3-4-7-16-13-9-14(18-11-17-13)19-8-5-6-12(19)10-15/h9,11-12H,2-8,10,15H2,1H3,(H,16,17,18). The minimum atomic E-state index is 0.433. The van der Waals surface area contributed by atoms with Crippen molar-refractivity contribution in [3.05, 3.63) is 12.4 Å². The predicted octanol–water partition coefficient (Wildman–Crippen LogP) is 2.01. The second-order valence-electron chi connectivity index (χ2n) is 5.12. The molecule has 5 heteroatoms. The Morgan fingerprint density at radius 1 is 1.42 bits per heavy atom. The van der Waals surface area contributed by atoms with Gasteiger partial charge in [0.1, 0.15) is 18.0 Å². The Labute approximate surface area is 115 Å². The van der Waals surface area contributed by atoms with Crippen LogP contribution in [0.1, 0.15) is 39.0 Å². The molecule has 1 unspecified atom stereocenters. The molecule has 1 aliphatic heterocycles. The van der Waals surface area contributed by atoms with Gasteiger partial charge in [0.2, 0.25) is 0 Å². The number of hydrogen-bond acceptors (Lipinski definition) is 5. The summed E-state index contributed by atoms with van der Waals surface area (Å²) in [6.07, 6.45) is 7.69. The number of hydrogen-bond donors (Lipinski definition) is 2. The lowest BCUT2D eigenvalue weighted by Gasteiger charge is -2.24. The average molecular weight is 263 g/mol. The van der Waals surface area contributed by atoms with Crippen LogP contribution in [0.25, 0.3) is 0 Å². The molecule has 0 saturated carbocycles. The Hall–Kier alpha value is -1.36. The van der Waals surface area contributed by atoms with Gasteiger partial charge in [0.15, 0.2) is 0 Å². The third kappa shape index (κ3) is 3.80. The molecule has 1 saturated heterocycles. The zero-order valence-electron chi connectivity index (χ0n) is 11.8. The summed E-state index contributed by atoms with van der Waals surface area (Å²) in [7, 11) is 0. The van der Waals surface area contributed by atoms with Crippen molar-refractivity contribution in [2.45, 2.75) is 45.1 Å². The molecule has 19 heavy (non-hydrogen) atoms. The molecule has 0 aliphatic carbocycles. The Balaban J connectivity index is 1.94. The summed E-state index contributed by atoms with van der Waals surface area (Å²) in [5.41, 5.74) is 5.81. The first kappa shape index (κ1) is 14.1. The van der Waals surface area contributed by atoms with Crippen molar-refractivity contribution in [3.63, 3.8) is 0 Å². The van der Waals surface area contributed by atoms with Gasteiger partial charge in [0, 0.05) is 31.7 Å². The molecule has 106 valence electrons. The maximum absolute atomic E-state index is 5.81. The zero-order chi connectivity index (χ0) is 13.5. The van der Waals surface area contributed by atoms with E-state index in [2.05, 4.69) is 27.1 Å². The summed E-state index contributed by atoms with van der Waals surface area (Å²) < 4.78 is 0. The fourth-order valence-electron chi connectivity index (χ4n) is 2.57. The molecule has 2 rings (SSSR count). The fraction of sp³-hybridized carbons (Fsp3) is 0.714. The van der Waals surface area contributed by atoms with E-state index in [4.69, 9.17) is 5.73 Å². The highest BCUT2D eigenvalue weighted by atomic mass is 15.2. The van der Waals surface area contributed by atoms with Crippen LogP contribution in [0.2, 0.25) is 0 Å². The molecular weight excluding hydrogens is 238 g/mol. The second-order valence-corrected chi connectivity index (χ2v) is 5.12. The number of anilines is 2. The number of rotatable bonds is 7. The molecule has 0 bridgehead atoms. The highest BCUT2D eigenvalue weighted by molar-refractivity contribution is 5.49. The Morgan fingerprint density at radius 3 is 3.11 bits per heavy atom. The first-order valence-corrected chi connectivity index (χ1v) is 7.37. The van der Waals surface area contributed by atoms with E-state index < -0.39 is 0 Å². The van der Waals surface area contributed by atoms with E-state index in [1.54, 1.807) is 6.33 Å². The van der Waals surface area contributed by atoms with Gasteiger partial charge >= 0.3 is 0 Å². The van der Waals surface area contributed by atoms with Gasteiger partial charge in [-0.3, -0.25) is 0 Å². The normalized spacial score (nSPS) is 18.8. The van der Waals surface area contributed by atoms with Crippen LogP contribution >= 0.6 is 0 Å². The van der Waals surface area contributed by atoms with Gasteiger partial charge in [-0.2, -0.15) is 0 Å². The first-order chi connectivity index (χ1) is 9.35. The van der Waals surface area contributed by atoms with Crippen molar-refractivity contribution in [3.8, 4) is 0 Å². The summed E-state index contributed by atoms with van der Waals surface area (Å²) in [6.45, 7) is 4.94. The third-order valence-corrected chi connectivity index (χ3v) is 3.68. The van der Waals surface area contributed by atoms with Crippen LogP contribution < -0.4 is 16.0 Å². The smallest absolute Gasteiger partial charge is 0.134 e. The molecule has 0 aromatic carbocycles. The molecule has 1 aromatic rings. The molecule has 5 nitrogen and oxygen atoms in total. The highest BCUT2D eigenvalue weighted by Crippen LogP contribution is 2.24. The Bertz CT molecular complexity index is 382. The summed E-state index contributed by atoms with van der Waals surface area (Å²) in [6, 6.07) is 2.47. The quantitative estimate of drug-likeness (QED) is 0.737. The van der Waals surface area contributed by atoms with Crippen LogP contribution in [-0.4, -0.2) is 35.6 Å². The van der Waals surface area contributed by atoms with Crippen molar-refractivity contribution >= 4 is 11.6 Å². The van der Waals surface area contributed by atoms with E-state index in [0.29, 0.717) is 12.6 Å². The van der Waals surface area contributed by atoms with Crippen LogP contribution in [0.3, 0.4) is 0 Å². The molecule has 2 heterocycles. The number of aromatic nitrogens is 2. The van der Waals surface area contributed by atoms with Crippen LogP contribution in [-0.2, 0) is 0 Å². The lowest BCUT2D eigenvalue weighted by molar-refractivity contribution is 0.670. The largest absolute Gasteiger partial charge is 0.370 e. The number of unbranched alkanes of at least 4 members (excludes halogenated alkanes) is 2. The van der Waals surface area contributed by atoms with Gasteiger partial charge in [0.25, 0.3) is 0 Å². The number of nitrogens with one attached hydrogen (secondary N) is 1. The van der Waals surface area contributed by atoms with Crippen molar-refractivity contribution in [2.75, 3.05) is 29.9 Å². The highest BCUT2D eigenvalue weighted by Gasteiger charge is 2.24. The maximum Gasteiger partial charge on any atom is 0.134 e. The number of nitrogens with two attached hydrogens (primary N) is 1. The number of nitrogens with zero attached hydrogens (tertiary/aromatic N) is 3. The lowest BCUT2D eigenvalue weighted by atomic mass is 10.2. The van der Waals surface area contributed by atoms with Crippen molar-refractivity contribution < 1.29 is 0 Å².